The van der Waals surface area contributed by atoms with Crippen LogP contribution >= 0.6 is 0 Å². The van der Waals surface area contributed by atoms with E-state index in [-0.39, 0.29) is 42.6 Å². The standard InChI is InChI=1S/C28H30N4O4/c1-27(2,3)13-22(31-15-19-18(24(31)33)8-7-11-23(19)36-4)25(34)32-16-28(12-17(32)14-29)20-9-5-6-10-21(20)30-26(28)35/h5-11,17,22H,12-13,15-16H2,1-4H3,(H,30,35)/t17-,22-,28-/m0/s1. The Morgan fingerprint density at radius 2 is 1.97 bits per heavy atom. The fourth-order valence-electron chi connectivity index (χ4n) is 5.86. The Balaban J connectivity index is 1.51. The normalized spacial score (nSPS) is 23.4. The summed E-state index contributed by atoms with van der Waals surface area (Å²) in [4.78, 5) is 44.0. The van der Waals surface area contributed by atoms with Crippen LogP contribution in [0, 0.1) is 16.7 Å². The number of nitriles is 1. The number of para-hydroxylation sites is 1. The van der Waals surface area contributed by atoms with Crippen LogP contribution in [0.4, 0.5) is 5.69 Å². The molecule has 1 spiro atoms. The van der Waals surface area contributed by atoms with Crippen LogP contribution in [-0.4, -0.2) is 53.3 Å². The van der Waals surface area contributed by atoms with Crippen molar-refractivity contribution in [2.45, 2.75) is 57.7 Å². The molecule has 3 atom stereocenters. The molecule has 1 fully saturated rings. The van der Waals surface area contributed by atoms with Crippen molar-refractivity contribution in [3.8, 4) is 11.8 Å². The van der Waals surface area contributed by atoms with Crippen LogP contribution in [0.25, 0.3) is 0 Å². The first-order valence-electron chi connectivity index (χ1n) is 12.2. The molecule has 0 aromatic heterocycles. The van der Waals surface area contributed by atoms with Gasteiger partial charge in [-0.1, -0.05) is 45.0 Å². The Bertz CT molecular complexity index is 1310. The van der Waals surface area contributed by atoms with Crippen LogP contribution in [0.1, 0.15) is 55.1 Å². The molecule has 36 heavy (non-hydrogen) atoms. The van der Waals surface area contributed by atoms with Crippen molar-refractivity contribution in [1.82, 2.24) is 9.80 Å². The van der Waals surface area contributed by atoms with Crippen LogP contribution in [0.15, 0.2) is 42.5 Å². The summed E-state index contributed by atoms with van der Waals surface area (Å²) < 4.78 is 5.48. The highest BCUT2D eigenvalue weighted by atomic mass is 16.5. The molecule has 2 aromatic rings. The van der Waals surface area contributed by atoms with E-state index in [0.717, 1.165) is 16.8 Å². The van der Waals surface area contributed by atoms with Gasteiger partial charge in [0.25, 0.3) is 5.91 Å². The maximum absolute atomic E-state index is 14.2. The predicted molar refractivity (Wildman–Crippen MR) is 133 cm³/mol. The Morgan fingerprint density at radius 3 is 2.67 bits per heavy atom. The summed E-state index contributed by atoms with van der Waals surface area (Å²) in [5, 5.41) is 13.0. The van der Waals surface area contributed by atoms with Crippen molar-refractivity contribution >= 4 is 23.4 Å². The predicted octanol–water partition coefficient (Wildman–Crippen LogP) is 3.47. The first kappa shape index (κ1) is 23.9. The van der Waals surface area contributed by atoms with Crippen molar-refractivity contribution in [2.75, 3.05) is 19.0 Å². The number of fused-ring (bicyclic) bond motifs is 3. The molecule has 0 unspecified atom stereocenters. The maximum Gasteiger partial charge on any atom is 0.255 e. The molecule has 186 valence electrons. The van der Waals surface area contributed by atoms with Gasteiger partial charge in [0.1, 0.15) is 17.8 Å². The fourth-order valence-corrected chi connectivity index (χ4v) is 5.86. The Morgan fingerprint density at radius 1 is 1.22 bits per heavy atom. The van der Waals surface area contributed by atoms with Crippen LogP contribution < -0.4 is 10.1 Å². The van der Waals surface area contributed by atoms with Crippen LogP contribution in [-0.2, 0) is 21.5 Å². The number of rotatable bonds is 4. The van der Waals surface area contributed by atoms with Gasteiger partial charge in [-0.15, -0.1) is 0 Å². The van der Waals surface area contributed by atoms with E-state index < -0.39 is 17.5 Å². The summed E-state index contributed by atoms with van der Waals surface area (Å²) in [6.07, 6.45) is 0.640. The minimum atomic E-state index is -0.972. The van der Waals surface area contributed by atoms with Crippen LogP contribution in [0.2, 0.25) is 0 Å². The number of carbonyl (C=O) groups excluding carboxylic acids is 3. The third-order valence-corrected chi connectivity index (χ3v) is 7.56. The topological polar surface area (TPSA) is 103 Å². The van der Waals surface area contributed by atoms with Crippen molar-refractivity contribution in [1.29, 1.82) is 5.26 Å². The summed E-state index contributed by atoms with van der Waals surface area (Å²) >= 11 is 0. The van der Waals surface area contributed by atoms with E-state index in [1.54, 1.807) is 24.1 Å². The maximum atomic E-state index is 14.2. The molecule has 8 nitrogen and oxygen atoms in total. The molecule has 3 aliphatic rings. The van der Waals surface area contributed by atoms with Gasteiger partial charge in [-0.3, -0.25) is 14.4 Å². The number of amides is 3. The number of anilines is 1. The lowest BCUT2D eigenvalue weighted by atomic mass is 9.80. The van der Waals surface area contributed by atoms with E-state index in [2.05, 4.69) is 11.4 Å². The van der Waals surface area contributed by atoms with Crippen molar-refractivity contribution < 1.29 is 19.1 Å². The van der Waals surface area contributed by atoms with E-state index in [0.29, 0.717) is 17.7 Å². The average molecular weight is 487 g/mol. The molecule has 2 aromatic carbocycles. The number of likely N-dealkylation sites (tertiary alicyclic amines) is 1. The second kappa shape index (κ2) is 8.37. The molecule has 3 aliphatic heterocycles. The monoisotopic (exact) mass is 486 g/mol. The van der Waals surface area contributed by atoms with Gasteiger partial charge in [0.05, 0.1) is 25.1 Å². The minimum absolute atomic E-state index is 0.103. The number of carbonyl (C=O) groups is 3. The third kappa shape index (κ3) is 3.62. The van der Waals surface area contributed by atoms with Gasteiger partial charge in [-0.05, 0) is 35.6 Å². The van der Waals surface area contributed by atoms with Crippen molar-refractivity contribution in [3.05, 3.63) is 59.2 Å². The highest BCUT2D eigenvalue weighted by Crippen LogP contribution is 2.47. The second-order valence-corrected chi connectivity index (χ2v) is 11.1. The quantitative estimate of drug-likeness (QED) is 0.713. The zero-order valence-corrected chi connectivity index (χ0v) is 21.0. The van der Waals surface area contributed by atoms with Gasteiger partial charge >= 0.3 is 0 Å². The van der Waals surface area contributed by atoms with E-state index in [1.165, 1.54) is 4.90 Å². The minimum Gasteiger partial charge on any atom is -0.496 e. The van der Waals surface area contributed by atoms with E-state index in [9.17, 15) is 19.6 Å². The number of ether oxygens (including phenoxy) is 1. The first-order chi connectivity index (χ1) is 17.1. The van der Waals surface area contributed by atoms with Gasteiger partial charge in [0.15, 0.2) is 0 Å². The molecule has 8 heteroatoms. The van der Waals surface area contributed by atoms with Gasteiger partial charge < -0.3 is 19.9 Å². The Labute approximate surface area is 210 Å². The Kier molecular flexibility index (Phi) is 5.55. The molecule has 1 saturated heterocycles. The SMILES string of the molecule is COc1cccc2c1CN([C@@H](CC(C)(C)C)C(=O)N1C[C@]3(C[C@H]1C#N)C(=O)Nc1ccccc13)C2=O. The number of methoxy groups -OCH3 is 1. The summed E-state index contributed by atoms with van der Waals surface area (Å²) in [5.41, 5.74) is 1.58. The van der Waals surface area contributed by atoms with Crippen LogP contribution in [0.5, 0.6) is 5.75 Å². The van der Waals surface area contributed by atoms with E-state index >= 15 is 0 Å². The zero-order valence-electron chi connectivity index (χ0n) is 21.0. The highest BCUT2D eigenvalue weighted by Gasteiger charge is 2.57. The van der Waals surface area contributed by atoms with Gasteiger partial charge in [0.2, 0.25) is 11.8 Å². The largest absolute Gasteiger partial charge is 0.496 e. The Hall–Kier alpha value is -3.86. The number of hydrogen-bond acceptors (Lipinski definition) is 5. The lowest BCUT2D eigenvalue weighted by Crippen LogP contribution is -2.52. The number of benzene rings is 2. The zero-order chi connectivity index (χ0) is 25.8. The molecule has 5 rings (SSSR count). The van der Waals surface area contributed by atoms with Crippen LogP contribution in [0.3, 0.4) is 0 Å². The number of nitrogens with zero attached hydrogens (tertiary/aromatic N) is 3. The summed E-state index contributed by atoms with van der Waals surface area (Å²) in [6.45, 7) is 6.43. The third-order valence-electron chi connectivity index (χ3n) is 7.56. The lowest BCUT2D eigenvalue weighted by Gasteiger charge is -2.35. The molecule has 0 saturated carbocycles. The molecule has 0 aliphatic carbocycles. The molecule has 1 N–H and O–H groups in total. The van der Waals surface area contributed by atoms with Gasteiger partial charge in [0, 0.05) is 29.8 Å². The summed E-state index contributed by atoms with van der Waals surface area (Å²) in [5.74, 6) is -0.107. The van der Waals surface area contributed by atoms with Gasteiger partial charge in [-0.2, -0.15) is 5.26 Å². The second-order valence-electron chi connectivity index (χ2n) is 11.1. The molecule has 3 amide bonds. The van der Waals surface area contributed by atoms with Gasteiger partial charge in [-0.25, -0.2) is 0 Å². The first-order valence-corrected chi connectivity index (χ1v) is 12.2. The lowest BCUT2D eigenvalue weighted by molar-refractivity contribution is -0.137. The summed E-state index contributed by atoms with van der Waals surface area (Å²) in [7, 11) is 1.56. The summed E-state index contributed by atoms with van der Waals surface area (Å²) in [6, 6.07) is 13.5. The van der Waals surface area contributed by atoms with Crippen molar-refractivity contribution in [3.63, 3.8) is 0 Å². The molecular weight excluding hydrogens is 456 g/mol. The molecule has 3 heterocycles. The van der Waals surface area contributed by atoms with E-state index in [4.69, 9.17) is 4.74 Å². The van der Waals surface area contributed by atoms with Crippen molar-refractivity contribution in [2.24, 2.45) is 5.41 Å². The number of nitrogens with one attached hydrogen (secondary N) is 1. The van der Waals surface area contributed by atoms with E-state index in [1.807, 2.05) is 51.1 Å². The average Bonchev–Trinajstić information content (AvgIpc) is 3.49. The fraction of sp³-hybridized carbons (Fsp3) is 0.429. The highest BCUT2D eigenvalue weighted by molar-refractivity contribution is 6.07. The number of hydrogen-bond donors (Lipinski definition) is 1. The molecule has 0 bridgehead atoms. The smallest absolute Gasteiger partial charge is 0.255 e. The molecular formula is C28H30N4O4. The molecule has 0 radical (unpaired) electrons.